The van der Waals surface area contributed by atoms with Crippen molar-refractivity contribution in [2.45, 2.75) is 6.42 Å². The summed E-state index contributed by atoms with van der Waals surface area (Å²) in [7, 11) is 0. The summed E-state index contributed by atoms with van der Waals surface area (Å²) < 4.78 is 5.88. The fourth-order valence-electron chi connectivity index (χ4n) is 2.71. The Morgan fingerprint density at radius 2 is 1.80 bits per heavy atom. The van der Waals surface area contributed by atoms with Crippen LogP contribution in [-0.2, 0) is 4.79 Å². The molecule has 0 amide bonds. The van der Waals surface area contributed by atoms with E-state index in [4.69, 9.17) is 4.42 Å². The molecule has 0 spiro atoms. The smallest absolute Gasteiger partial charge is 0.196 e. The number of hydrogen-bond acceptors (Lipinski definition) is 6. The number of anilines is 1. The van der Waals surface area contributed by atoms with E-state index in [9.17, 15) is 9.90 Å². The highest BCUT2D eigenvalue weighted by atomic mass is 16.4. The number of carbonyl (C=O) groups excluding carboxylic acids is 1. The lowest BCUT2D eigenvalue weighted by Gasteiger charge is -2.08. The van der Waals surface area contributed by atoms with Crippen LogP contribution in [0.25, 0.3) is 33.5 Å². The van der Waals surface area contributed by atoms with Gasteiger partial charge in [-0.1, -0.05) is 42.5 Å². The average Bonchev–Trinajstić information content (AvgIpc) is 3.01. The van der Waals surface area contributed by atoms with Crippen molar-refractivity contribution in [3.05, 3.63) is 54.6 Å². The maximum absolute atomic E-state index is 10.7. The number of aromatic nitrogens is 2. The number of fused-ring (bicyclic) bond motifs is 3. The molecule has 0 atom stereocenters. The molecular weight excluding hydrogens is 318 g/mol. The average molecular weight is 332 g/mol. The van der Waals surface area contributed by atoms with Crippen LogP contribution >= 0.6 is 0 Å². The number of nitrogens with one attached hydrogen (secondary N) is 1. The normalized spacial score (nSPS) is 11.0. The summed E-state index contributed by atoms with van der Waals surface area (Å²) in [5, 5.41) is 14.6. The molecule has 0 radical (unpaired) electrons. The molecule has 4 rings (SSSR count). The molecule has 0 aliphatic heterocycles. The second-order valence-electron chi connectivity index (χ2n) is 5.59. The van der Waals surface area contributed by atoms with Crippen LogP contribution in [0.15, 0.2) is 59.0 Å². The molecule has 6 nitrogen and oxygen atoms in total. The summed E-state index contributed by atoms with van der Waals surface area (Å²) in [6, 6.07) is 17.2. The maximum atomic E-state index is 10.7. The summed E-state index contributed by atoms with van der Waals surface area (Å²) >= 11 is 0. The molecule has 2 aromatic carbocycles. The quantitative estimate of drug-likeness (QED) is 0.604. The second-order valence-corrected chi connectivity index (χ2v) is 5.59. The molecule has 0 bridgehead atoms. The fourth-order valence-corrected chi connectivity index (χ4v) is 2.71. The van der Waals surface area contributed by atoms with Gasteiger partial charge in [-0.2, -0.15) is 0 Å². The monoisotopic (exact) mass is 332 g/mol. The lowest BCUT2D eigenvalue weighted by atomic mass is 10.2. The largest absolute Gasteiger partial charge is 0.550 e. The van der Waals surface area contributed by atoms with Gasteiger partial charge < -0.3 is 19.6 Å². The summed E-state index contributed by atoms with van der Waals surface area (Å²) in [5.74, 6) is -0.0948. The number of carbonyl (C=O) groups is 1. The summed E-state index contributed by atoms with van der Waals surface area (Å²) in [4.78, 5) is 19.9. The SMILES string of the molecule is O=C([O-])CCNc1nc(-c2ccccc2)nc2c1oc1ccccc12. The second kappa shape index (κ2) is 6.24. The zero-order valence-corrected chi connectivity index (χ0v) is 13.2. The van der Waals surface area contributed by atoms with Crippen LogP contribution in [-0.4, -0.2) is 22.5 Å². The Labute approximate surface area is 143 Å². The fraction of sp³-hybridized carbons (Fsp3) is 0.105. The van der Waals surface area contributed by atoms with E-state index in [1.807, 2.05) is 54.6 Å². The molecule has 0 unspecified atom stereocenters. The first-order chi connectivity index (χ1) is 12.2. The van der Waals surface area contributed by atoms with Gasteiger partial charge in [0.2, 0.25) is 0 Å². The Morgan fingerprint density at radius 1 is 1.04 bits per heavy atom. The van der Waals surface area contributed by atoms with Crippen molar-refractivity contribution in [1.82, 2.24) is 9.97 Å². The number of furan rings is 1. The van der Waals surface area contributed by atoms with E-state index < -0.39 is 5.97 Å². The third-order valence-corrected chi connectivity index (χ3v) is 3.87. The molecule has 2 aromatic heterocycles. The van der Waals surface area contributed by atoms with Crippen LogP contribution in [0, 0.1) is 0 Å². The van der Waals surface area contributed by atoms with Crippen LogP contribution in [0.3, 0.4) is 0 Å². The minimum atomic E-state index is -1.12. The molecule has 25 heavy (non-hydrogen) atoms. The van der Waals surface area contributed by atoms with Gasteiger partial charge in [0.25, 0.3) is 0 Å². The van der Waals surface area contributed by atoms with Gasteiger partial charge in [0.15, 0.2) is 17.2 Å². The molecule has 0 saturated heterocycles. The van der Waals surface area contributed by atoms with Crippen LogP contribution in [0.2, 0.25) is 0 Å². The first-order valence-electron chi connectivity index (χ1n) is 7.91. The van der Waals surface area contributed by atoms with E-state index in [0.29, 0.717) is 28.3 Å². The van der Waals surface area contributed by atoms with E-state index in [1.54, 1.807) is 0 Å². The topological polar surface area (TPSA) is 91.1 Å². The van der Waals surface area contributed by atoms with Crippen molar-refractivity contribution < 1.29 is 14.3 Å². The number of aliphatic carboxylic acids is 1. The molecule has 1 N–H and O–H groups in total. The lowest BCUT2D eigenvalue weighted by molar-refractivity contribution is -0.305. The highest BCUT2D eigenvalue weighted by Crippen LogP contribution is 2.33. The molecule has 4 aromatic rings. The minimum Gasteiger partial charge on any atom is -0.550 e. The summed E-state index contributed by atoms with van der Waals surface area (Å²) in [6.45, 7) is 0.194. The predicted octanol–water partition coefficient (Wildman–Crippen LogP) is 2.59. The van der Waals surface area contributed by atoms with Gasteiger partial charge in [0.05, 0.1) is 0 Å². The van der Waals surface area contributed by atoms with Crippen LogP contribution in [0.5, 0.6) is 0 Å². The minimum absolute atomic E-state index is 0.119. The van der Waals surface area contributed by atoms with E-state index in [0.717, 1.165) is 10.9 Å². The van der Waals surface area contributed by atoms with Crippen molar-refractivity contribution in [2.24, 2.45) is 0 Å². The number of carboxylic acids is 1. The highest BCUT2D eigenvalue weighted by Gasteiger charge is 2.16. The molecule has 6 heteroatoms. The number of benzene rings is 2. The van der Waals surface area contributed by atoms with E-state index in [2.05, 4.69) is 15.3 Å². The van der Waals surface area contributed by atoms with Gasteiger partial charge in [-0.05, 0) is 12.1 Å². The van der Waals surface area contributed by atoms with E-state index >= 15 is 0 Å². The van der Waals surface area contributed by atoms with Crippen molar-refractivity contribution >= 4 is 33.9 Å². The molecule has 0 aliphatic rings. The van der Waals surface area contributed by atoms with Gasteiger partial charge in [-0.25, -0.2) is 9.97 Å². The molecule has 124 valence electrons. The van der Waals surface area contributed by atoms with Crippen molar-refractivity contribution in [2.75, 3.05) is 11.9 Å². The van der Waals surface area contributed by atoms with Gasteiger partial charge in [-0.3, -0.25) is 0 Å². The predicted molar refractivity (Wildman–Crippen MR) is 92.9 cm³/mol. The molecular formula is C19H14N3O3-. The molecule has 0 saturated carbocycles. The number of nitrogens with zero attached hydrogens (tertiary/aromatic N) is 2. The highest BCUT2D eigenvalue weighted by molar-refractivity contribution is 6.06. The number of para-hydroxylation sites is 1. The number of carboxylic acid groups (broad SMARTS) is 1. The van der Waals surface area contributed by atoms with Crippen molar-refractivity contribution in [3.63, 3.8) is 0 Å². The lowest BCUT2D eigenvalue weighted by Crippen LogP contribution is -2.24. The van der Waals surface area contributed by atoms with Crippen LogP contribution in [0.4, 0.5) is 5.82 Å². The van der Waals surface area contributed by atoms with Crippen LogP contribution in [0.1, 0.15) is 6.42 Å². The summed E-state index contributed by atoms with van der Waals surface area (Å²) in [6.07, 6.45) is -0.119. The van der Waals surface area contributed by atoms with Gasteiger partial charge >= 0.3 is 0 Å². The molecule has 0 aliphatic carbocycles. The molecule has 2 heterocycles. The summed E-state index contributed by atoms with van der Waals surface area (Å²) in [5.41, 5.74) is 2.79. The van der Waals surface area contributed by atoms with Crippen molar-refractivity contribution in [1.29, 1.82) is 0 Å². The zero-order chi connectivity index (χ0) is 17.2. The Bertz CT molecular complexity index is 1060. The third-order valence-electron chi connectivity index (χ3n) is 3.87. The third kappa shape index (κ3) is 2.89. The Hall–Kier alpha value is -3.41. The van der Waals surface area contributed by atoms with Gasteiger partial charge in [0.1, 0.15) is 11.1 Å². The Morgan fingerprint density at radius 3 is 2.60 bits per heavy atom. The van der Waals surface area contributed by atoms with Gasteiger partial charge in [-0.15, -0.1) is 0 Å². The van der Waals surface area contributed by atoms with Crippen molar-refractivity contribution in [3.8, 4) is 11.4 Å². The number of rotatable bonds is 5. The van der Waals surface area contributed by atoms with E-state index in [1.165, 1.54) is 0 Å². The van der Waals surface area contributed by atoms with E-state index in [-0.39, 0.29) is 13.0 Å². The molecule has 0 fully saturated rings. The maximum Gasteiger partial charge on any atom is 0.196 e. The zero-order valence-electron chi connectivity index (χ0n) is 13.2. The first kappa shape index (κ1) is 15.1. The Kier molecular flexibility index (Phi) is 3.78. The first-order valence-corrected chi connectivity index (χ1v) is 7.91. The standard InChI is InChI=1S/C19H15N3O3/c23-15(24)10-11-20-19-17-16(13-8-4-5-9-14(13)25-17)21-18(22-19)12-6-2-1-3-7-12/h1-9H,10-11H2,(H,23,24)(H,20,21,22)/p-1. The van der Waals surface area contributed by atoms with Gasteiger partial charge in [0, 0.05) is 29.9 Å². The van der Waals surface area contributed by atoms with Crippen LogP contribution < -0.4 is 10.4 Å². The Balaban J connectivity index is 1.89. The number of hydrogen-bond donors (Lipinski definition) is 1.